The Morgan fingerprint density at radius 3 is 3.15 bits per heavy atom. The number of nitrogens with one attached hydrogen (secondary N) is 2. The maximum atomic E-state index is 8.57. The SMILES string of the molecule is CC1CNc2cc(CCNCCOCCO)ccc2O1. The molecule has 1 aromatic rings. The molecule has 1 atom stereocenters. The van der Waals surface area contributed by atoms with Crippen molar-refractivity contribution in [3.8, 4) is 5.75 Å². The number of anilines is 1. The van der Waals surface area contributed by atoms with E-state index in [2.05, 4.69) is 29.7 Å². The number of aliphatic hydroxyl groups is 1. The van der Waals surface area contributed by atoms with Gasteiger partial charge in [-0.2, -0.15) is 0 Å². The summed E-state index contributed by atoms with van der Waals surface area (Å²) in [6.45, 7) is 5.78. The van der Waals surface area contributed by atoms with Gasteiger partial charge in [-0.15, -0.1) is 0 Å². The highest BCUT2D eigenvalue weighted by molar-refractivity contribution is 5.59. The van der Waals surface area contributed by atoms with Gasteiger partial charge in [-0.25, -0.2) is 0 Å². The van der Waals surface area contributed by atoms with Gasteiger partial charge in [-0.1, -0.05) is 6.07 Å². The van der Waals surface area contributed by atoms with Gasteiger partial charge in [0.15, 0.2) is 0 Å². The van der Waals surface area contributed by atoms with Crippen molar-refractivity contribution in [1.29, 1.82) is 0 Å². The molecule has 5 heteroatoms. The molecule has 0 amide bonds. The Balaban J connectivity index is 1.69. The molecule has 0 bridgehead atoms. The van der Waals surface area contributed by atoms with E-state index in [9.17, 15) is 0 Å². The first-order chi connectivity index (χ1) is 9.79. The molecule has 20 heavy (non-hydrogen) atoms. The number of ether oxygens (including phenoxy) is 2. The van der Waals surface area contributed by atoms with Crippen LogP contribution in [0.3, 0.4) is 0 Å². The molecule has 0 fully saturated rings. The molecule has 1 unspecified atom stereocenters. The minimum absolute atomic E-state index is 0.0861. The van der Waals surface area contributed by atoms with Crippen LogP contribution in [0.5, 0.6) is 5.75 Å². The van der Waals surface area contributed by atoms with Crippen molar-refractivity contribution < 1.29 is 14.6 Å². The van der Waals surface area contributed by atoms with Crippen LogP contribution in [0.2, 0.25) is 0 Å². The van der Waals surface area contributed by atoms with E-state index in [1.165, 1.54) is 5.56 Å². The van der Waals surface area contributed by atoms with E-state index in [0.29, 0.717) is 13.2 Å². The van der Waals surface area contributed by atoms with Gasteiger partial charge < -0.3 is 25.2 Å². The molecular weight excluding hydrogens is 256 g/mol. The molecule has 1 heterocycles. The van der Waals surface area contributed by atoms with Gasteiger partial charge in [0.2, 0.25) is 0 Å². The van der Waals surface area contributed by atoms with Gasteiger partial charge in [-0.05, 0) is 37.6 Å². The van der Waals surface area contributed by atoms with E-state index in [4.69, 9.17) is 14.6 Å². The van der Waals surface area contributed by atoms with Crippen LogP contribution in [0, 0.1) is 0 Å². The van der Waals surface area contributed by atoms with Gasteiger partial charge in [0.1, 0.15) is 11.9 Å². The average molecular weight is 280 g/mol. The van der Waals surface area contributed by atoms with Crippen molar-refractivity contribution in [2.75, 3.05) is 44.8 Å². The third kappa shape index (κ3) is 4.67. The zero-order chi connectivity index (χ0) is 14.2. The highest BCUT2D eigenvalue weighted by atomic mass is 16.5. The second-order valence-electron chi connectivity index (χ2n) is 4.98. The van der Waals surface area contributed by atoms with Crippen LogP contribution in [-0.4, -0.2) is 50.7 Å². The van der Waals surface area contributed by atoms with Gasteiger partial charge in [0.25, 0.3) is 0 Å². The summed E-state index contributed by atoms with van der Waals surface area (Å²) in [5.41, 5.74) is 2.38. The van der Waals surface area contributed by atoms with Crippen molar-refractivity contribution in [1.82, 2.24) is 5.32 Å². The number of aliphatic hydroxyl groups excluding tert-OH is 1. The lowest BCUT2D eigenvalue weighted by molar-refractivity contribution is 0.0940. The molecule has 1 aromatic carbocycles. The summed E-state index contributed by atoms with van der Waals surface area (Å²) in [4.78, 5) is 0. The lowest BCUT2D eigenvalue weighted by atomic mass is 10.1. The molecule has 0 radical (unpaired) electrons. The van der Waals surface area contributed by atoms with E-state index >= 15 is 0 Å². The van der Waals surface area contributed by atoms with E-state index in [1.807, 2.05) is 6.07 Å². The fourth-order valence-electron chi connectivity index (χ4n) is 2.15. The third-order valence-corrected chi connectivity index (χ3v) is 3.20. The zero-order valence-corrected chi connectivity index (χ0v) is 12.0. The Morgan fingerprint density at radius 1 is 1.40 bits per heavy atom. The number of hydrogen-bond acceptors (Lipinski definition) is 5. The Bertz CT molecular complexity index is 412. The van der Waals surface area contributed by atoms with Gasteiger partial charge in [0, 0.05) is 6.54 Å². The predicted molar refractivity (Wildman–Crippen MR) is 79.5 cm³/mol. The molecule has 0 saturated carbocycles. The molecule has 5 nitrogen and oxygen atoms in total. The summed E-state index contributed by atoms with van der Waals surface area (Å²) in [7, 11) is 0. The normalized spacial score (nSPS) is 17.2. The lowest BCUT2D eigenvalue weighted by Crippen LogP contribution is -2.27. The van der Waals surface area contributed by atoms with E-state index < -0.39 is 0 Å². The maximum absolute atomic E-state index is 8.57. The Hall–Kier alpha value is -1.30. The largest absolute Gasteiger partial charge is 0.487 e. The topological polar surface area (TPSA) is 62.8 Å². The zero-order valence-electron chi connectivity index (χ0n) is 12.0. The summed E-state index contributed by atoms with van der Waals surface area (Å²) < 4.78 is 10.9. The van der Waals surface area contributed by atoms with Crippen LogP contribution in [0.1, 0.15) is 12.5 Å². The maximum Gasteiger partial charge on any atom is 0.142 e. The highest BCUT2D eigenvalue weighted by Gasteiger charge is 2.14. The molecule has 1 aliphatic heterocycles. The molecule has 3 N–H and O–H groups in total. The molecular formula is C15H24N2O3. The quantitative estimate of drug-likeness (QED) is 0.621. The minimum atomic E-state index is 0.0861. The number of hydrogen-bond donors (Lipinski definition) is 3. The smallest absolute Gasteiger partial charge is 0.142 e. The monoisotopic (exact) mass is 280 g/mol. The summed E-state index contributed by atoms with van der Waals surface area (Å²) in [5, 5.41) is 15.3. The van der Waals surface area contributed by atoms with E-state index in [-0.39, 0.29) is 12.7 Å². The summed E-state index contributed by atoms with van der Waals surface area (Å²) in [5.74, 6) is 0.942. The Labute approximate surface area is 120 Å². The fraction of sp³-hybridized carbons (Fsp3) is 0.600. The number of benzene rings is 1. The Morgan fingerprint density at radius 2 is 2.30 bits per heavy atom. The second kappa shape index (κ2) is 8.09. The minimum Gasteiger partial charge on any atom is -0.487 e. The van der Waals surface area contributed by atoms with Crippen LogP contribution in [-0.2, 0) is 11.2 Å². The summed E-state index contributed by atoms with van der Waals surface area (Å²) in [6, 6.07) is 6.31. The molecule has 0 saturated heterocycles. The molecule has 1 aliphatic rings. The van der Waals surface area contributed by atoms with Gasteiger partial charge in [-0.3, -0.25) is 0 Å². The van der Waals surface area contributed by atoms with E-state index in [0.717, 1.165) is 37.5 Å². The van der Waals surface area contributed by atoms with Gasteiger partial charge in [0.05, 0.1) is 32.1 Å². The van der Waals surface area contributed by atoms with Crippen molar-refractivity contribution in [2.45, 2.75) is 19.4 Å². The summed E-state index contributed by atoms with van der Waals surface area (Å²) in [6.07, 6.45) is 1.21. The molecule has 0 spiro atoms. The van der Waals surface area contributed by atoms with Gasteiger partial charge >= 0.3 is 0 Å². The fourth-order valence-corrected chi connectivity index (χ4v) is 2.15. The molecule has 0 aromatic heterocycles. The number of fused-ring (bicyclic) bond motifs is 1. The van der Waals surface area contributed by atoms with Crippen molar-refractivity contribution in [2.24, 2.45) is 0 Å². The second-order valence-corrected chi connectivity index (χ2v) is 4.98. The third-order valence-electron chi connectivity index (χ3n) is 3.20. The summed E-state index contributed by atoms with van der Waals surface area (Å²) >= 11 is 0. The molecule has 2 rings (SSSR count). The van der Waals surface area contributed by atoms with Crippen LogP contribution >= 0.6 is 0 Å². The lowest BCUT2D eigenvalue weighted by Gasteiger charge is -2.25. The first-order valence-electron chi connectivity index (χ1n) is 7.22. The van der Waals surface area contributed by atoms with Crippen molar-refractivity contribution >= 4 is 5.69 Å². The van der Waals surface area contributed by atoms with Crippen LogP contribution in [0.4, 0.5) is 5.69 Å². The van der Waals surface area contributed by atoms with Crippen LogP contribution < -0.4 is 15.4 Å². The highest BCUT2D eigenvalue weighted by Crippen LogP contribution is 2.29. The van der Waals surface area contributed by atoms with Crippen LogP contribution in [0.15, 0.2) is 18.2 Å². The average Bonchev–Trinajstić information content (AvgIpc) is 2.46. The van der Waals surface area contributed by atoms with Crippen molar-refractivity contribution in [3.63, 3.8) is 0 Å². The standard InChI is InChI=1S/C15H24N2O3/c1-12-11-17-14-10-13(2-3-15(14)20-12)4-5-16-6-8-19-9-7-18/h2-3,10,12,16-18H,4-9,11H2,1H3. The predicted octanol–water partition coefficient (Wildman–Crippen LogP) is 1.02. The van der Waals surface area contributed by atoms with Crippen molar-refractivity contribution in [3.05, 3.63) is 23.8 Å². The Kier molecular flexibility index (Phi) is 6.11. The molecule has 112 valence electrons. The number of rotatable bonds is 8. The first-order valence-corrected chi connectivity index (χ1v) is 7.22. The molecule has 0 aliphatic carbocycles. The van der Waals surface area contributed by atoms with Crippen LogP contribution in [0.25, 0.3) is 0 Å². The first kappa shape index (κ1) is 15.1. The van der Waals surface area contributed by atoms with E-state index in [1.54, 1.807) is 0 Å².